The molecule has 0 heterocycles. The number of aryl methyl sites for hydroxylation is 1. The van der Waals surface area contributed by atoms with E-state index >= 15 is 0 Å². The number of thioether (sulfide) groups is 1. The number of hydrogen-bond donors (Lipinski definition) is 1. The molecule has 0 aliphatic rings. The van der Waals surface area contributed by atoms with Crippen molar-refractivity contribution in [3.63, 3.8) is 0 Å². The molecule has 21 heavy (non-hydrogen) atoms. The van der Waals surface area contributed by atoms with Gasteiger partial charge in [-0.1, -0.05) is 24.3 Å². The first kappa shape index (κ1) is 15.4. The van der Waals surface area contributed by atoms with Crippen LogP contribution in [-0.2, 0) is 0 Å². The van der Waals surface area contributed by atoms with E-state index in [2.05, 4.69) is 0 Å². The Morgan fingerprint density at radius 1 is 1.19 bits per heavy atom. The highest BCUT2D eigenvalue weighted by atomic mass is 32.2. The van der Waals surface area contributed by atoms with Crippen molar-refractivity contribution in [2.24, 2.45) is 0 Å². The van der Waals surface area contributed by atoms with Crippen LogP contribution in [0.25, 0.3) is 0 Å². The maximum atomic E-state index is 11.1. The van der Waals surface area contributed by atoms with Gasteiger partial charge in [0.1, 0.15) is 5.75 Å². The van der Waals surface area contributed by atoms with Crippen molar-refractivity contribution in [3.8, 4) is 5.75 Å². The van der Waals surface area contributed by atoms with E-state index in [0.29, 0.717) is 12.2 Å². The molecule has 110 valence electrons. The molecule has 0 fully saturated rings. The van der Waals surface area contributed by atoms with Gasteiger partial charge in [0.15, 0.2) is 0 Å². The number of aromatic carboxylic acids is 1. The third-order valence-corrected chi connectivity index (χ3v) is 4.08. The van der Waals surface area contributed by atoms with Gasteiger partial charge in [-0.05, 0) is 43.2 Å². The Labute approximate surface area is 129 Å². The summed E-state index contributed by atoms with van der Waals surface area (Å²) in [5, 5.41) is 9.10. The van der Waals surface area contributed by atoms with Gasteiger partial charge in [-0.2, -0.15) is 0 Å². The average molecular weight is 302 g/mol. The van der Waals surface area contributed by atoms with E-state index in [1.807, 2.05) is 43.3 Å². The van der Waals surface area contributed by atoms with Gasteiger partial charge in [0.2, 0.25) is 0 Å². The van der Waals surface area contributed by atoms with Gasteiger partial charge < -0.3 is 9.84 Å². The standard InChI is InChI=1S/C17H18O3S/c1-13-6-4-7-14(12-13)20-10-5-11-21-16-9-3-2-8-15(16)17(18)19/h2-4,6-9,12H,5,10-11H2,1H3,(H,18,19). The number of rotatable bonds is 7. The summed E-state index contributed by atoms with van der Waals surface area (Å²) in [7, 11) is 0. The van der Waals surface area contributed by atoms with E-state index in [1.165, 1.54) is 5.56 Å². The molecule has 0 aliphatic carbocycles. The van der Waals surface area contributed by atoms with Gasteiger partial charge in [0, 0.05) is 10.6 Å². The molecule has 2 aromatic carbocycles. The predicted molar refractivity (Wildman–Crippen MR) is 85.4 cm³/mol. The van der Waals surface area contributed by atoms with E-state index in [9.17, 15) is 4.79 Å². The van der Waals surface area contributed by atoms with Crippen LogP contribution in [-0.4, -0.2) is 23.4 Å². The van der Waals surface area contributed by atoms with E-state index in [4.69, 9.17) is 9.84 Å². The van der Waals surface area contributed by atoms with Crippen molar-refractivity contribution in [1.82, 2.24) is 0 Å². The van der Waals surface area contributed by atoms with Gasteiger partial charge in [-0.15, -0.1) is 11.8 Å². The number of carboxylic acids is 1. The van der Waals surface area contributed by atoms with Crippen molar-refractivity contribution in [1.29, 1.82) is 0 Å². The highest BCUT2D eigenvalue weighted by Crippen LogP contribution is 2.23. The van der Waals surface area contributed by atoms with Crippen LogP contribution in [0.3, 0.4) is 0 Å². The van der Waals surface area contributed by atoms with Crippen LogP contribution in [0.5, 0.6) is 5.75 Å². The summed E-state index contributed by atoms with van der Waals surface area (Å²) in [6.45, 7) is 2.66. The molecule has 0 aromatic heterocycles. The lowest BCUT2D eigenvalue weighted by molar-refractivity contribution is 0.0693. The molecule has 0 saturated heterocycles. The normalized spacial score (nSPS) is 10.3. The Balaban J connectivity index is 1.76. The fourth-order valence-corrected chi connectivity index (χ4v) is 2.87. The van der Waals surface area contributed by atoms with Crippen LogP contribution in [0.2, 0.25) is 0 Å². The van der Waals surface area contributed by atoms with E-state index in [0.717, 1.165) is 22.8 Å². The Morgan fingerprint density at radius 3 is 2.76 bits per heavy atom. The molecular formula is C17H18O3S. The van der Waals surface area contributed by atoms with Crippen molar-refractivity contribution in [2.75, 3.05) is 12.4 Å². The molecule has 0 spiro atoms. The zero-order valence-corrected chi connectivity index (χ0v) is 12.7. The first-order chi connectivity index (χ1) is 10.2. The topological polar surface area (TPSA) is 46.5 Å². The molecule has 0 amide bonds. The average Bonchev–Trinajstić information content (AvgIpc) is 2.47. The van der Waals surface area contributed by atoms with E-state index in [1.54, 1.807) is 23.9 Å². The third-order valence-electron chi connectivity index (χ3n) is 2.92. The van der Waals surface area contributed by atoms with Crippen LogP contribution < -0.4 is 4.74 Å². The third kappa shape index (κ3) is 4.83. The Morgan fingerprint density at radius 2 is 2.00 bits per heavy atom. The Bertz CT molecular complexity index is 610. The predicted octanol–water partition coefficient (Wildman–Crippen LogP) is 4.25. The molecule has 0 bridgehead atoms. The minimum absolute atomic E-state index is 0.363. The Hall–Kier alpha value is -1.94. The molecule has 0 unspecified atom stereocenters. The first-order valence-corrected chi connectivity index (χ1v) is 7.80. The van der Waals surface area contributed by atoms with Crippen molar-refractivity contribution >= 4 is 17.7 Å². The second kappa shape index (κ2) is 7.74. The number of carboxylic acid groups (broad SMARTS) is 1. The summed E-state index contributed by atoms with van der Waals surface area (Å²) >= 11 is 1.55. The second-order valence-electron chi connectivity index (χ2n) is 4.67. The fourth-order valence-electron chi connectivity index (χ4n) is 1.91. The number of benzene rings is 2. The molecule has 4 heteroatoms. The molecule has 0 saturated carbocycles. The van der Waals surface area contributed by atoms with Crippen LogP contribution >= 0.6 is 11.8 Å². The molecule has 2 aromatic rings. The Kier molecular flexibility index (Phi) is 5.69. The van der Waals surface area contributed by atoms with Crippen LogP contribution in [0.4, 0.5) is 0 Å². The first-order valence-electron chi connectivity index (χ1n) is 6.81. The summed E-state index contributed by atoms with van der Waals surface area (Å²) in [6, 6.07) is 15.0. The summed E-state index contributed by atoms with van der Waals surface area (Å²) in [4.78, 5) is 11.9. The molecule has 3 nitrogen and oxygen atoms in total. The van der Waals surface area contributed by atoms with Gasteiger partial charge in [-0.3, -0.25) is 0 Å². The summed E-state index contributed by atoms with van der Waals surface area (Å²) in [5.41, 5.74) is 1.54. The highest BCUT2D eigenvalue weighted by Gasteiger charge is 2.08. The van der Waals surface area contributed by atoms with Crippen LogP contribution in [0.15, 0.2) is 53.4 Å². The second-order valence-corrected chi connectivity index (χ2v) is 5.81. The number of hydrogen-bond acceptors (Lipinski definition) is 3. The van der Waals surface area contributed by atoms with Gasteiger partial charge in [-0.25, -0.2) is 4.79 Å². The van der Waals surface area contributed by atoms with Crippen LogP contribution in [0.1, 0.15) is 22.3 Å². The number of ether oxygens (including phenoxy) is 1. The quantitative estimate of drug-likeness (QED) is 0.613. The molecule has 0 radical (unpaired) electrons. The zero-order valence-electron chi connectivity index (χ0n) is 11.9. The highest BCUT2D eigenvalue weighted by molar-refractivity contribution is 7.99. The van der Waals surface area contributed by atoms with Crippen molar-refractivity contribution < 1.29 is 14.6 Å². The molecule has 2 rings (SSSR count). The van der Waals surface area contributed by atoms with Crippen molar-refractivity contribution in [2.45, 2.75) is 18.2 Å². The maximum absolute atomic E-state index is 11.1. The molecule has 0 atom stereocenters. The van der Waals surface area contributed by atoms with Crippen LogP contribution in [0, 0.1) is 6.92 Å². The van der Waals surface area contributed by atoms with Gasteiger partial charge in [0.05, 0.1) is 12.2 Å². The lowest BCUT2D eigenvalue weighted by Gasteiger charge is -2.08. The van der Waals surface area contributed by atoms with Crippen molar-refractivity contribution in [3.05, 3.63) is 59.7 Å². The maximum Gasteiger partial charge on any atom is 0.336 e. The monoisotopic (exact) mass is 302 g/mol. The van der Waals surface area contributed by atoms with E-state index in [-0.39, 0.29) is 0 Å². The largest absolute Gasteiger partial charge is 0.494 e. The lowest BCUT2D eigenvalue weighted by Crippen LogP contribution is -2.01. The summed E-state index contributed by atoms with van der Waals surface area (Å²) < 4.78 is 5.67. The SMILES string of the molecule is Cc1cccc(OCCCSc2ccccc2C(=O)O)c1. The molecule has 1 N–H and O–H groups in total. The molecular weight excluding hydrogens is 284 g/mol. The molecule has 0 aliphatic heterocycles. The smallest absolute Gasteiger partial charge is 0.336 e. The van der Waals surface area contributed by atoms with Gasteiger partial charge in [0.25, 0.3) is 0 Å². The summed E-state index contributed by atoms with van der Waals surface area (Å²) in [6.07, 6.45) is 0.868. The van der Waals surface area contributed by atoms with Gasteiger partial charge >= 0.3 is 5.97 Å². The fraction of sp³-hybridized carbons (Fsp3) is 0.235. The minimum Gasteiger partial charge on any atom is -0.494 e. The zero-order chi connectivity index (χ0) is 15.1. The lowest BCUT2D eigenvalue weighted by atomic mass is 10.2. The van der Waals surface area contributed by atoms with E-state index < -0.39 is 5.97 Å². The minimum atomic E-state index is -0.880. The number of carbonyl (C=O) groups is 1. The summed E-state index contributed by atoms with van der Waals surface area (Å²) in [5.74, 6) is 0.830.